The summed E-state index contributed by atoms with van der Waals surface area (Å²) in [6, 6.07) is 0.422. The molecule has 1 heterocycles. The van der Waals surface area contributed by atoms with Crippen molar-refractivity contribution in [3.8, 4) is 0 Å². The maximum Gasteiger partial charge on any atom is 0.228 e. The Morgan fingerprint density at radius 3 is 2.75 bits per heavy atom. The first-order chi connectivity index (χ1) is 9.67. The molecule has 5 heteroatoms. The van der Waals surface area contributed by atoms with Crippen LogP contribution >= 0.6 is 11.8 Å². The van der Waals surface area contributed by atoms with Gasteiger partial charge in [0.05, 0.1) is 5.75 Å². The zero-order valence-corrected chi connectivity index (χ0v) is 13.7. The summed E-state index contributed by atoms with van der Waals surface area (Å²) >= 11 is 1.99. The second-order valence-electron chi connectivity index (χ2n) is 6.14. The van der Waals surface area contributed by atoms with Crippen LogP contribution in [-0.2, 0) is 12.2 Å². The van der Waals surface area contributed by atoms with E-state index in [-0.39, 0.29) is 0 Å². The summed E-state index contributed by atoms with van der Waals surface area (Å²) < 4.78 is 5.38. The standard InChI is InChI=1S/C15H27N3OS/c1-11(2)8-12(16-3)9-15-17-14(18-19-15)10-20-13-6-4-5-7-13/h11-13,16H,4-10H2,1-3H3. The van der Waals surface area contributed by atoms with Crippen LogP contribution in [0.3, 0.4) is 0 Å². The molecule has 0 aliphatic heterocycles. The first-order valence-corrected chi connectivity index (χ1v) is 8.82. The summed E-state index contributed by atoms with van der Waals surface area (Å²) in [6.07, 6.45) is 7.43. The minimum atomic E-state index is 0.422. The van der Waals surface area contributed by atoms with Crippen LogP contribution in [0.2, 0.25) is 0 Å². The molecule has 0 saturated heterocycles. The van der Waals surface area contributed by atoms with Crippen molar-refractivity contribution in [2.24, 2.45) is 5.92 Å². The van der Waals surface area contributed by atoms with Crippen LogP contribution in [-0.4, -0.2) is 28.5 Å². The van der Waals surface area contributed by atoms with E-state index in [9.17, 15) is 0 Å². The Labute approximate surface area is 126 Å². The highest BCUT2D eigenvalue weighted by atomic mass is 32.2. The molecule has 0 spiro atoms. The lowest BCUT2D eigenvalue weighted by molar-refractivity contribution is 0.343. The lowest BCUT2D eigenvalue weighted by Gasteiger charge is -2.15. The largest absolute Gasteiger partial charge is 0.339 e. The highest BCUT2D eigenvalue weighted by molar-refractivity contribution is 7.99. The van der Waals surface area contributed by atoms with E-state index in [4.69, 9.17) is 4.52 Å². The van der Waals surface area contributed by atoms with Gasteiger partial charge in [0.2, 0.25) is 5.89 Å². The molecule has 4 nitrogen and oxygen atoms in total. The predicted octanol–water partition coefficient (Wildman–Crippen LogP) is 3.42. The second kappa shape index (κ2) is 8.03. The summed E-state index contributed by atoms with van der Waals surface area (Å²) in [5.41, 5.74) is 0. The quantitative estimate of drug-likeness (QED) is 0.796. The Morgan fingerprint density at radius 1 is 1.35 bits per heavy atom. The van der Waals surface area contributed by atoms with Crippen molar-refractivity contribution in [2.75, 3.05) is 7.05 Å². The number of rotatable bonds is 8. The van der Waals surface area contributed by atoms with E-state index in [0.717, 1.165) is 35.6 Å². The highest BCUT2D eigenvalue weighted by Crippen LogP contribution is 2.31. The van der Waals surface area contributed by atoms with E-state index in [1.807, 2.05) is 18.8 Å². The van der Waals surface area contributed by atoms with E-state index >= 15 is 0 Å². The number of likely N-dealkylation sites (N-methyl/N-ethyl adjacent to an activating group) is 1. The summed E-state index contributed by atoms with van der Waals surface area (Å²) in [6.45, 7) is 4.48. The fourth-order valence-corrected chi connectivity index (χ4v) is 3.93. The summed E-state index contributed by atoms with van der Waals surface area (Å²) in [5, 5.41) is 8.25. The molecule has 1 aliphatic rings. The van der Waals surface area contributed by atoms with E-state index in [1.165, 1.54) is 25.7 Å². The minimum absolute atomic E-state index is 0.422. The number of nitrogens with zero attached hydrogens (tertiary/aromatic N) is 2. The fraction of sp³-hybridized carbons (Fsp3) is 0.867. The smallest absolute Gasteiger partial charge is 0.228 e. The third-order valence-electron chi connectivity index (χ3n) is 3.85. The number of thioether (sulfide) groups is 1. The van der Waals surface area contributed by atoms with Gasteiger partial charge in [-0.25, -0.2) is 0 Å². The van der Waals surface area contributed by atoms with Gasteiger partial charge in [-0.15, -0.1) is 0 Å². The average Bonchev–Trinajstić information content (AvgIpc) is 3.06. The summed E-state index contributed by atoms with van der Waals surface area (Å²) in [7, 11) is 2.00. The molecule has 2 rings (SSSR count). The van der Waals surface area contributed by atoms with E-state index in [0.29, 0.717) is 12.0 Å². The molecule has 1 fully saturated rings. The summed E-state index contributed by atoms with van der Waals surface area (Å²) in [5.74, 6) is 3.19. The highest BCUT2D eigenvalue weighted by Gasteiger charge is 2.18. The molecule has 1 aromatic rings. The molecule has 0 aromatic carbocycles. The van der Waals surface area contributed by atoms with Crippen LogP contribution in [0.25, 0.3) is 0 Å². The van der Waals surface area contributed by atoms with Crippen molar-refractivity contribution in [3.63, 3.8) is 0 Å². The first kappa shape index (κ1) is 15.8. The Kier molecular flexibility index (Phi) is 6.36. The van der Waals surface area contributed by atoms with Crippen molar-refractivity contribution in [2.45, 2.75) is 69.4 Å². The number of aromatic nitrogens is 2. The van der Waals surface area contributed by atoms with E-state index < -0.39 is 0 Å². The van der Waals surface area contributed by atoms with Crippen LogP contribution in [0.1, 0.15) is 57.7 Å². The molecule has 1 unspecified atom stereocenters. The lowest BCUT2D eigenvalue weighted by atomic mass is 10.0. The molecule has 1 N–H and O–H groups in total. The Balaban J connectivity index is 1.78. The van der Waals surface area contributed by atoms with Gasteiger partial charge in [0.1, 0.15) is 0 Å². The molecule has 0 amide bonds. The van der Waals surface area contributed by atoms with E-state index in [1.54, 1.807) is 0 Å². The van der Waals surface area contributed by atoms with Crippen LogP contribution in [0.5, 0.6) is 0 Å². The van der Waals surface area contributed by atoms with Crippen LogP contribution in [0.4, 0.5) is 0 Å². The van der Waals surface area contributed by atoms with Gasteiger partial charge in [-0.2, -0.15) is 16.7 Å². The van der Waals surface area contributed by atoms with Gasteiger partial charge in [-0.05, 0) is 32.2 Å². The molecule has 114 valence electrons. The van der Waals surface area contributed by atoms with Gasteiger partial charge >= 0.3 is 0 Å². The molecular formula is C15H27N3OS. The van der Waals surface area contributed by atoms with E-state index in [2.05, 4.69) is 29.3 Å². The van der Waals surface area contributed by atoms with Crippen molar-refractivity contribution < 1.29 is 4.52 Å². The topological polar surface area (TPSA) is 51.0 Å². The van der Waals surface area contributed by atoms with Gasteiger partial charge in [0.15, 0.2) is 5.82 Å². The molecule has 1 atom stereocenters. The summed E-state index contributed by atoms with van der Waals surface area (Å²) in [4.78, 5) is 4.53. The maximum absolute atomic E-state index is 5.38. The third kappa shape index (κ3) is 5.09. The monoisotopic (exact) mass is 297 g/mol. The molecular weight excluding hydrogens is 270 g/mol. The van der Waals surface area contributed by atoms with Gasteiger partial charge in [-0.3, -0.25) is 0 Å². The minimum Gasteiger partial charge on any atom is -0.339 e. The average molecular weight is 297 g/mol. The molecule has 1 aliphatic carbocycles. The van der Waals surface area contributed by atoms with Gasteiger partial charge in [0.25, 0.3) is 0 Å². The maximum atomic E-state index is 5.38. The zero-order chi connectivity index (χ0) is 14.4. The third-order valence-corrected chi connectivity index (χ3v) is 5.21. The molecule has 20 heavy (non-hydrogen) atoms. The molecule has 0 bridgehead atoms. The van der Waals surface area contributed by atoms with Crippen molar-refractivity contribution in [1.82, 2.24) is 15.5 Å². The normalized spacial score (nSPS) is 18.0. The Morgan fingerprint density at radius 2 is 2.10 bits per heavy atom. The van der Waals surface area contributed by atoms with Gasteiger partial charge in [-0.1, -0.05) is 31.8 Å². The van der Waals surface area contributed by atoms with Gasteiger partial charge < -0.3 is 9.84 Å². The predicted molar refractivity (Wildman–Crippen MR) is 83.9 cm³/mol. The number of hydrogen-bond donors (Lipinski definition) is 1. The Bertz CT molecular complexity index is 388. The molecule has 1 saturated carbocycles. The fourth-order valence-electron chi connectivity index (χ4n) is 2.76. The molecule has 1 aromatic heterocycles. The van der Waals surface area contributed by atoms with Crippen LogP contribution in [0, 0.1) is 5.92 Å². The zero-order valence-electron chi connectivity index (χ0n) is 12.9. The lowest BCUT2D eigenvalue weighted by Crippen LogP contribution is -2.29. The second-order valence-corrected chi connectivity index (χ2v) is 7.43. The number of nitrogens with one attached hydrogen (secondary N) is 1. The first-order valence-electron chi connectivity index (χ1n) is 7.77. The van der Waals surface area contributed by atoms with Gasteiger partial charge in [0, 0.05) is 17.7 Å². The van der Waals surface area contributed by atoms with Crippen molar-refractivity contribution in [1.29, 1.82) is 0 Å². The Hall–Kier alpha value is -0.550. The SMILES string of the molecule is CNC(Cc1nc(CSC2CCCC2)no1)CC(C)C. The van der Waals surface area contributed by atoms with Crippen molar-refractivity contribution >= 4 is 11.8 Å². The van der Waals surface area contributed by atoms with Crippen LogP contribution in [0.15, 0.2) is 4.52 Å². The van der Waals surface area contributed by atoms with Crippen molar-refractivity contribution in [3.05, 3.63) is 11.7 Å². The molecule has 0 radical (unpaired) electrons. The number of hydrogen-bond acceptors (Lipinski definition) is 5. The van der Waals surface area contributed by atoms with Crippen LogP contribution < -0.4 is 5.32 Å².